The molecule has 1 atom stereocenters. The first-order valence-corrected chi connectivity index (χ1v) is 8.32. The Kier molecular flexibility index (Phi) is 5.54. The zero-order valence-electron chi connectivity index (χ0n) is 10.4. The van der Waals surface area contributed by atoms with Gasteiger partial charge in [0.1, 0.15) is 4.32 Å². The minimum absolute atomic E-state index is 0.0703. The SMILES string of the molecule is CCCN1C(=O)C([Si](OC)(OC)OC)SC1=S. The monoisotopic (exact) mass is 295 g/mol. The summed E-state index contributed by atoms with van der Waals surface area (Å²) in [6.07, 6.45) is 0.862. The van der Waals surface area contributed by atoms with E-state index < -0.39 is 13.7 Å². The van der Waals surface area contributed by atoms with Crippen LogP contribution in [-0.2, 0) is 18.1 Å². The van der Waals surface area contributed by atoms with Crippen molar-refractivity contribution in [3.8, 4) is 0 Å². The molecule has 1 aliphatic rings. The molecule has 1 amide bonds. The molecule has 0 aromatic carbocycles. The molecule has 0 saturated carbocycles. The van der Waals surface area contributed by atoms with Gasteiger partial charge in [-0.1, -0.05) is 30.9 Å². The summed E-state index contributed by atoms with van der Waals surface area (Å²) in [4.78, 5) is 13.4. The van der Waals surface area contributed by atoms with Gasteiger partial charge < -0.3 is 13.3 Å². The van der Waals surface area contributed by atoms with Gasteiger partial charge in [0.25, 0.3) is 0 Å². The van der Waals surface area contributed by atoms with E-state index in [4.69, 9.17) is 25.5 Å². The minimum Gasteiger partial charge on any atom is -0.376 e. The molecule has 17 heavy (non-hydrogen) atoms. The first kappa shape index (κ1) is 15.1. The van der Waals surface area contributed by atoms with E-state index in [2.05, 4.69) is 0 Å². The Hall–Kier alpha value is 0.00688. The summed E-state index contributed by atoms with van der Waals surface area (Å²) in [6.45, 7) is 2.63. The summed E-state index contributed by atoms with van der Waals surface area (Å²) in [6, 6.07) is 0. The van der Waals surface area contributed by atoms with E-state index in [1.54, 1.807) is 4.90 Å². The van der Waals surface area contributed by atoms with E-state index >= 15 is 0 Å². The third-order valence-electron chi connectivity index (χ3n) is 2.55. The lowest BCUT2D eigenvalue weighted by atomic mass is 10.4. The maximum Gasteiger partial charge on any atom is 0.524 e. The summed E-state index contributed by atoms with van der Waals surface area (Å²) in [5.74, 6) is -0.0703. The number of carbonyl (C=O) groups excluding carboxylic acids is 1. The fourth-order valence-electron chi connectivity index (χ4n) is 1.67. The highest BCUT2D eigenvalue weighted by Crippen LogP contribution is 2.34. The topological polar surface area (TPSA) is 48.0 Å². The van der Waals surface area contributed by atoms with Crippen LogP contribution < -0.4 is 0 Å². The third-order valence-corrected chi connectivity index (χ3v) is 7.74. The summed E-state index contributed by atoms with van der Waals surface area (Å²) in [5.41, 5.74) is 0. The predicted molar refractivity (Wildman–Crippen MR) is 72.8 cm³/mol. The van der Waals surface area contributed by atoms with Crippen LogP contribution in [0.15, 0.2) is 0 Å². The van der Waals surface area contributed by atoms with Gasteiger partial charge in [-0.2, -0.15) is 0 Å². The summed E-state index contributed by atoms with van der Waals surface area (Å²) in [5, 5.41) is 0. The lowest BCUT2D eigenvalue weighted by Gasteiger charge is -2.27. The Morgan fingerprint density at radius 1 is 1.35 bits per heavy atom. The second-order valence-corrected chi connectivity index (χ2v) is 8.64. The number of hydrogen-bond acceptors (Lipinski definition) is 6. The molecule has 0 aromatic heterocycles. The number of hydrogen-bond donors (Lipinski definition) is 0. The van der Waals surface area contributed by atoms with Gasteiger partial charge in [-0.05, 0) is 6.42 Å². The van der Waals surface area contributed by atoms with Crippen molar-refractivity contribution in [1.82, 2.24) is 4.90 Å². The molecular weight excluding hydrogens is 278 g/mol. The van der Waals surface area contributed by atoms with Gasteiger partial charge >= 0.3 is 8.80 Å². The molecule has 0 bridgehead atoms. The van der Waals surface area contributed by atoms with Gasteiger partial charge in [0.15, 0.2) is 4.87 Å². The first-order valence-electron chi connectivity index (χ1n) is 5.23. The van der Waals surface area contributed by atoms with Gasteiger partial charge in [0.05, 0.1) is 0 Å². The largest absolute Gasteiger partial charge is 0.524 e. The molecule has 1 saturated heterocycles. The second-order valence-electron chi connectivity index (χ2n) is 3.47. The fraction of sp³-hybridized carbons (Fsp3) is 0.778. The number of amides is 1. The normalized spacial score (nSPS) is 21.4. The van der Waals surface area contributed by atoms with E-state index in [-0.39, 0.29) is 5.91 Å². The number of thioether (sulfide) groups is 1. The van der Waals surface area contributed by atoms with Crippen molar-refractivity contribution in [1.29, 1.82) is 0 Å². The summed E-state index contributed by atoms with van der Waals surface area (Å²) < 4.78 is 16.6. The molecule has 1 heterocycles. The Bertz CT molecular complexity index is 303. The van der Waals surface area contributed by atoms with E-state index in [9.17, 15) is 4.79 Å². The minimum atomic E-state index is -2.98. The molecule has 1 rings (SSSR count). The molecule has 1 aliphatic heterocycles. The average molecular weight is 295 g/mol. The molecule has 1 unspecified atom stereocenters. The molecule has 0 aromatic rings. The lowest BCUT2D eigenvalue weighted by Crippen LogP contribution is -2.56. The smallest absolute Gasteiger partial charge is 0.376 e. The molecular formula is C9H17NO4S2Si. The van der Waals surface area contributed by atoms with Gasteiger partial charge in [-0.3, -0.25) is 9.69 Å². The Morgan fingerprint density at radius 2 is 1.88 bits per heavy atom. The molecule has 8 heteroatoms. The van der Waals surface area contributed by atoms with Crippen LogP contribution in [-0.4, -0.2) is 56.7 Å². The zero-order valence-corrected chi connectivity index (χ0v) is 13.0. The standard InChI is InChI=1S/C9H17NO4S2Si/c1-5-6-10-7(11)8(16-9(10)15)17(12-2,13-3)14-4/h8H,5-6H2,1-4H3. The van der Waals surface area contributed by atoms with Crippen molar-refractivity contribution in [2.75, 3.05) is 27.9 Å². The molecule has 0 radical (unpaired) electrons. The van der Waals surface area contributed by atoms with Crippen molar-refractivity contribution in [2.45, 2.75) is 18.2 Å². The van der Waals surface area contributed by atoms with Crippen molar-refractivity contribution in [2.24, 2.45) is 0 Å². The van der Waals surface area contributed by atoms with Crippen LogP contribution in [0.25, 0.3) is 0 Å². The van der Waals surface area contributed by atoms with Crippen molar-refractivity contribution in [3.63, 3.8) is 0 Å². The fourth-order valence-corrected chi connectivity index (χ4v) is 6.51. The maximum absolute atomic E-state index is 12.2. The first-order chi connectivity index (χ1) is 8.06. The van der Waals surface area contributed by atoms with Gasteiger partial charge in [-0.15, -0.1) is 0 Å². The summed E-state index contributed by atoms with van der Waals surface area (Å²) in [7, 11) is 1.52. The number of nitrogens with zero attached hydrogens (tertiary/aromatic N) is 1. The quantitative estimate of drug-likeness (QED) is 0.539. The van der Waals surface area contributed by atoms with Crippen molar-refractivity contribution < 1.29 is 18.1 Å². The van der Waals surface area contributed by atoms with E-state index in [1.807, 2.05) is 6.92 Å². The van der Waals surface area contributed by atoms with Crippen LogP contribution in [0.5, 0.6) is 0 Å². The Balaban J connectivity index is 2.93. The molecule has 98 valence electrons. The molecule has 5 nitrogen and oxygen atoms in total. The molecule has 0 aliphatic carbocycles. The zero-order chi connectivity index (χ0) is 13.1. The maximum atomic E-state index is 12.2. The third kappa shape index (κ3) is 2.72. The molecule has 0 N–H and O–H groups in total. The Morgan fingerprint density at radius 3 is 2.29 bits per heavy atom. The lowest BCUT2D eigenvalue weighted by molar-refractivity contribution is -0.125. The van der Waals surface area contributed by atoms with Crippen molar-refractivity contribution >= 4 is 43.0 Å². The molecule has 1 fully saturated rings. The van der Waals surface area contributed by atoms with Gasteiger partial charge in [0.2, 0.25) is 5.91 Å². The van der Waals surface area contributed by atoms with Crippen LogP contribution >= 0.6 is 24.0 Å². The predicted octanol–water partition coefficient (Wildman–Crippen LogP) is 1.04. The highest BCUT2D eigenvalue weighted by Gasteiger charge is 2.57. The average Bonchev–Trinajstić information content (AvgIpc) is 2.62. The highest BCUT2D eigenvalue weighted by atomic mass is 32.2. The Labute approximate surface area is 112 Å². The van der Waals surface area contributed by atoms with Crippen LogP contribution in [0, 0.1) is 0 Å². The summed E-state index contributed by atoms with van der Waals surface area (Å²) >= 11 is 6.49. The number of rotatable bonds is 6. The van der Waals surface area contributed by atoms with E-state index in [1.165, 1.54) is 33.1 Å². The number of thiocarbonyl (C=S) groups is 1. The van der Waals surface area contributed by atoms with Crippen LogP contribution in [0.1, 0.15) is 13.3 Å². The second kappa shape index (κ2) is 6.25. The number of carbonyl (C=O) groups is 1. The molecule has 0 spiro atoms. The van der Waals surface area contributed by atoms with Gasteiger partial charge in [0, 0.05) is 27.9 Å². The van der Waals surface area contributed by atoms with Crippen LogP contribution in [0.4, 0.5) is 0 Å². The van der Waals surface area contributed by atoms with Crippen molar-refractivity contribution in [3.05, 3.63) is 0 Å². The van der Waals surface area contributed by atoms with E-state index in [0.29, 0.717) is 10.9 Å². The van der Waals surface area contributed by atoms with Gasteiger partial charge in [-0.25, -0.2) is 0 Å². The highest BCUT2D eigenvalue weighted by molar-refractivity contribution is 8.25. The van der Waals surface area contributed by atoms with E-state index in [0.717, 1.165) is 6.42 Å². The van der Waals surface area contributed by atoms with Crippen LogP contribution in [0.2, 0.25) is 0 Å². The van der Waals surface area contributed by atoms with Crippen LogP contribution in [0.3, 0.4) is 0 Å².